The minimum atomic E-state index is -3.86. The molecule has 1 saturated carbocycles. The van der Waals surface area contributed by atoms with E-state index in [0.29, 0.717) is 12.2 Å². The van der Waals surface area contributed by atoms with Gasteiger partial charge in [-0.1, -0.05) is 20.8 Å². The van der Waals surface area contributed by atoms with Crippen LogP contribution in [-0.4, -0.2) is 33.3 Å². The van der Waals surface area contributed by atoms with E-state index >= 15 is 0 Å². The number of nitrogens with two attached hydrogens (primary N) is 1. The molecule has 2 rings (SSSR count). The Morgan fingerprint density at radius 2 is 2.00 bits per heavy atom. The first-order valence-corrected chi connectivity index (χ1v) is 9.62. The maximum absolute atomic E-state index is 11.7. The molecule has 7 heteroatoms. The molecule has 0 aliphatic heterocycles. The van der Waals surface area contributed by atoms with Crippen LogP contribution in [0, 0.1) is 10.8 Å². The summed E-state index contributed by atoms with van der Waals surface area (Å²) in [6.45, 7) is 7.12. The summed E-state index contributed by atoms with van der Waals surface area (Å²) in [5.41, 5.74) is 0.682. The van der Waals surface area contributed by atoms with Crippen LogP contribution in [0.3, 0.4) is 0 Å². The number of hydrogen-bond donors (Lipinski definition) is 3. The first-order chi connectivity index (χ1) is 10.9. The van der Waals surface area contributed by atoms with Crippen molar-refractivity contribution in [3.05, 3.63) is 18.2 Å². The Labute approximate surface area is 144 Å². The van der Waals surface area contributed by atoms with Gasteiger partial charge in [-0.25, -0.2) is 13.6 Å². The zero-order valence-electron chi connectivity index (χ0n) is 14.8. The highest BCUT2D eigenvalue weighted by Gasteiger charge is 2.40. The molecule has 0 saturated heterocycles. The van der Waals surface area contributed by atoms with Gasteiger partial charge < -0.3 is 15.2 Å². The Hall–Kier alpha value is -1.31. The molecule has 0 bridgehead atoms. The van der Waals surface area contributed by atoms with Crippen molar-refractivity contribution < 1.29 is 18.3 Å². The van der Waals surface area contributed by atoms with Gasteiger partial charge >= 0.3 is 0 Å². The molecular formula is C17H28N2O4S. The average Bonchev–Trinajstić information content (AvgIpc) is 2.41. The van der Waals surface area contributed by atoms with E-state index in [1.54, 1.807) is 12.1 Å². The third-order valence-electron chi connectivity index (χ3n) is 4.61. The smallest absolute Gasteiger partial charge is 0.241 e. The van der Waals surface area contributed by atoms with Gasteiger partial charge in [0, 0.05) is 12.2 Å². The topological polar surface area (TPSA) is 102 Å². The number of rotatable bonds is 5. The van der Waals surface area contributed by atoms with Crippen molar-refractivity contribution in [1.29, 1.82) is 0 Å². The Morgan fingerprint density at radius 1 is 1.33 bits per heavy atom. The van der Waals surface area contributed by atoms with E-state index < -0.39 is 10.0 Å². The van der Waals surface area contributed by atoms with E-state index in [4.69, 9.17) is 9.88 Å². The van der Waals surface area contributed by atoms with Crippen LogP contribution in [0.4, 0.5) is 5.69 Å². The molecule has 0 heterocycles. The lowest BCUT2D eigenvalue weighted by Crippen LogP contribution is -2.42. The second-order valence-electron chi connectivity index (χ2n) is 7.98. The fraction of sp³-hybridized carbons (Fsp3) is 0.647. The number of primary sulfonamides is 1. The van der Waals surface area contributed by atoms with Crippen molar-refractivity contribution in [3.63, 3.8) is 0 Å². The fourth-order valence-corrected chi connectivity index (χ4v) is 4.76. The van der Waals surface area contributed by atoms with Gasteiger partial charge in [-0.3, -0.25) is 0 Å². The summed E-state index contributed by atoms with van der Waals surface area (Å²) in [7, 11) is -2.45. The van der Waals surface area contributed by atoms with Gasteiger partial charge in [0.2, 0.25) is 10.0 Å². The molecule has 0 aromatic heterocycles. The Bertz CT molecular complexity index is 703. The summed E-state index contributed by atoms with van der Waals surface area (Å²) in [6.07, 6.45) is 2.21. The lowest BCUT2D eigenvalue weighted by Gasteiger charge is -2.45. The SMILES string of the molecule is COc1ccc(NC[C@@]2(C)C[C@@H](O)CC(C)(C)C2)cc1S(N)(=O)=O. The van der Waals surface area contributed by atoms with Crippen molar-refractivity contribution in [2.24, 2.45) is 16.0 Å². The van der Waals surface area contributed by atoms with Crippen LogP contribution in [0.25, 0.3) is 0 Å². The highest BCUT2D eigenvalue weighted by molar-refractivity contribution is 7.89. The number of anilines is 1. The van der Waals surface area contributed by atoms with Gasteiger partial charge in [-0.05, 0) is 48.3 Å². The van der Waals surface area contributed by atoms with E-state index in [-0.39, 0.29) is 27.6 Å². The highest BCUT2D eigenvalue weighted by Crippen LogP contribution is 2.46. The van der Waals surface area contributed by atoms with Crippen molar-refractivity contribution in [2.45, 2.75) is 51.0 Å². The molecule has 1 aliphatic carbocycles. The molecule has 1 aromatic carbocycles. The van der Waals surface area contributed by atoms with Gasteiger partial charge in [-0.2, -0.15) is 0 Å². The fourth-order valence-electron chi connectivity index (χ4n) is 4.04. The molecule has 1 aliphatic rings. The van der Waals surface area contributed by atoms with E-state index in [1.807, 2.05) is 0 Å². The molecule has 0 amide bonds. The predicted octanol–water partition coefficient (Wildman–Crippen LogP) is 2.33. The van der Waals surface area contributed by atoms with Crippen LogP contribution in [0.15, 0.2) is 23.1 Å². The monoisotopic (exact) mass is 356 g/mol. The zero-order valence-corrected chi connectivity index (χ0v) is 15.6. The lowest BCUT2D eigenvalue weighted by molar-refractivity contribution is -0.00317. The van der Waals surface area contributed by atoms with E-state index in [9.17, 15) is 13.5 Å². The highest BCUT2D eigenvalue weighted by atomic mass is 32.2. The summed E-state index contributed by atoms with van der Waals surface area (Å²) in [5, 5.41) is 18.7. The van der Waals surface area contributed by atoms with Crippen LogP contribution >= 0.6 is 0 Å². The third kappa shape index (κ3) is 4.62. The molecule has 0 spiro atoms. The van der Waals surface area contributed by atoms with E-state index in [1.165, 1.54) is 13.2 Å². The molecule has 0 radical (unpaired) electrons. The molecule has 0 unspecified atom stereocenters. The van der Waals surface area contributed by atoms with E-state index in [0.717, 1.165) is 19.3 Å². The molecule has 6 nitrogen and oxygen atoms in total. The quantitative estimate of drug-likeness (QED) is 0.751. The largest absolute Gasteiger partial charge is 0.495 e. The normalized spacial score (nSPS) is 26.8. The second kappa shape index (κ2) is 6.54. The van der Waals surface area contributed by atoms with Crippen molar-refractivity contribution in [3.8, 4) is 5.75 Å². The van der Waals surface area contributed by atoms with E-state index in [2.05, 4.69) is 26.1 Å². The molecule has 2 atom stereocenters. The maximum atomic E-state index is 11.7. The summed E-state index contributed by atoms with van der Waals surface area (Å²) in [5.74, 6) is 0.225. The zero-order chi connectivity index (χ0) is 18.2. The minimum absolute atomic E-state index is 0.0378. The standard InChI is InChI=1S/C17H28N2O4S/c1-16(2)8-13(20)9-17(3,10-16)11-19-12-5-6-14(23-4)15(7-12)24(18,21)22/h5-7,13,19-20H,8-11H2,1-4H3,(H2,18,21,22)/t13-,17-/m0/s1. The minimum Gasteiger partial charge on any atom is -0.495 e. The Balaban J connectivity index is 2.17. The number of aliphatic hydroxyl groups is 1. The van der Waals surface area contributed by atoms with Crippen molar-refractivity contribution in [2.75, 3.05) is 19.0 Å². The van der Waals surface area contributed by atoms with Crippen LogP contribution in [0.2, 0.25) is 0 Å². The van der Waals surface area contributed by atoms with Crippen molar-refractivity contribution in [1.82, 2.24) is 0 Å². The van der Waals surface area contributed by atoms with Gasteiger partial charge in [0.25, 0.3) is 0 Å². The van der Waals surface area contributed by atoms with Crippen LogP contribution in [0.1, 0.15) is 40.0 Å². The summed E-state index contributed by atoms with van der Waals surface area (Å²) in [6, 6.07) is 4.84. The van der Waals surface area contributed by atoms with Crippen LogP contribution in [0.5, 0.6) is 5.75 Å². The molecular weight excluding hydrogens is 328 g/mol. The van der Waals surface area contributed by atoms with Crippen molar-refractivity contribution >= 4 is 15.7 Å². The van der Waals surface area contributed by atoms with Gasteiger partial charge in [0.1, 0.15) is 10.6 Å². The number of ether oxygens (including phenoxy) is 1. The first kappa shape index (κ1) is 19.0. The number of aliphatic hydroxyl groups excluding tert-OH is 1. The van der Waals surface area contributed by atoms with Crippen LogP contribution in [-0.2, 0) is 10.0 Å². The number of hydrogen-bond acceptors (Lipinski definition) is 5. The molecule has 136 valence electrons. The maximum Gasteiger partial charge on any atom is 0.241 e. The number of benzene rings is 1. The first-order valence-electron chi connectivity index (χ1n) is 8.07. The van der Waals surface area contributed by atoms with Gasteiger partial charge in [-0.15, -0.1) is 0 Å². The van der Waals surface area contributed by atoms with Gasteiger partial charge in [0.15, 0.2) is 0 Å². The predicted molar refractivity (Wildman–Crippen MR) is 94.6 cm³/mol. The summed E-state index contributed by atoms with van der Waals surface area (Å²) >= 11 is 0. The Morgan fingerprint density at radius 3 is 2.54 bits per heavy atom. The molecule has 1 aromatic rings. The Kier molecular flexibility index (Phi) is 5.18. The third-order valence-corrected chi connectivity index (χ3v) is 5.54. The second-order valence-corrected chi connectivity index (χ2v) is 9.51. The number of sulfonamides is 1. The number of nitrogens with one attached hydrogen (secondary N) is 1. The lowest BCUT2D eigenvalue weighted by atomic mass is 9.63. The number of methoxy groups -OCH3 is 1. The molecule has 1 fully saturated rings. The van der Waals surface area contributed by atoms with Gasteiger partial charge in [0.05, 0.1) is 13.2 Å². The summed E-state index contributed by atoms with van der Waals surface area (Å²) in [4.78, 5) is -0.0378. The molecule has 4 N–H and O–H groups in total. The average molecular weight is 356 g/mol. The molecule has 24 heavy (non-hydrogen) atoms. The van der Waals surface area contributed by atoms with Crippen LogP contribution < -0.4 is 15.2 Å². The summed E-state index contributed by atoms with van der Waals surface area (Å²) < 4.78 is 28.5.